The Kier molecular flexibility index (Phi) is 4.87. The van der Waals surface area contributed by atoms with E-state index in [9.17, 15) is 18.0 Å². The summed E-state index contributed by atoms with van der Waals surface area (Å²) >= 11 is 6.83. The molecule has 2 saturated heterocycles. The number of rotatable bonds is 3. The minimum absolute atomic E-state index is 0.0680. The molecule has 0 radical (unpaired) electrons. The first-order valence-corrected chi connectivity index (χ1v) is 9.24. The maximum Gasteiger partial charge on any atom is 0.433 e. The number of fused-ring (bicyclic) bond motifs is 2. The standard InChI is InChI=1S/C17H12ClF3N2O3S/c18-9-3-1-8(2-4-9)10-5-14(17(19,20)21)23-16(22-10)27-13-6-11(24)15-25-7-12(13)26-15/h1-5,12-13,15H,6-7H2/t12-,13-,15+/m0/s1. The van der Waals surface area contributed by atoms with Gasteiger partial charge in [-0.15, -0.1) is 0 Å². The van der Waals surface area contributed by atoms with Crippen LogP contribution in [0.5, 0.6) is 0 Å². The lowest BCUT2D eigenvalue weighted by Crippen LogP contribution is -2.37. The quantitative estimate of drug-likeness (QED) is 0.705. The van der Waals surface area contributed by atoms with Crippen molar-refractivity contribution in [1.29, 1.82) is 0 Å². The van der Waals surface area contributed by atoms with Crippen molar-refractivity contribution in [3.63, 3.8) is 0 Å². The fraction of sp³-hybridized carbons (Fsp3) is 0.353. The average Bonchev–Trinajstić information content (AvgIpc) is 3.05. The van der Waals surface area contributed by atoms with Crippen LogP contribution in [0.1, 0.15) is 12.1 Å². The number of halogens is 4. The van der Waals surface area contributed by atoms with Gasteiger partial charge in [0.1, 0.15) is 5.69 Å². The molecule has 27 heavy (non-hydrogen) atoms. The van der Waals surface area contributed by atoms with Crippen molar-refractivity contribution in [2.45, 2.75) is 35.4 Å². The molecule has 4 rings (SSSR count). The molecule has 0 N–H and O–H groups in total. The summed E-state index contributed by atoms with van der Waals surface area (Å²) < 4.78 is 50.6. The molecule has 2 aliphatic heterocycles. The highest BCUT2D eigenvalue weighted by molar-refractivity contribution is 7.99. The van der Waals surface area contributed by atoms with Crippen molar-refractivity contribution >= 4 is 29.1 Å². The van der Waals surface area contributed by atoms with Crippen molar-refractivity contribution in [3.05, 3.63) is 41.0 Å². The molecule has 5 nitrogen and oxygen atoms in total. The zero-order valence-electron chi connectivity index (χ0n) is 13.6. The van der Waals surface area contributed by atoms with Gasteiger partial charge in [0, 0.05) is 22.3 Å². The van der Waals surface area contributed by atoms with Crippen LogP contribution in [-0.2, 0) is 20.4 Å². The van der Waals surface area contributed by atoms with Gasteiger partial charge < -0.3 is 9.47 Å². The highest BCUT2D eigenvalue weighted by Gasteiger charge is 2.44. The minimum atomic E-state index is -4.63. The molecular weight excluding hydrogens is 405 g/mol. The molecular formula is C17H12ClF3N2O3S. The number of aromatic nitrogens is 2. The Labute approximate surface area is 161 Å². The first kappa shape index (κ1) is 18.7. The predicted octanol–water partition coefficient (Wildman–Crippen LogP) is 3.99. The van der Waals surface area contributed by atoms with Gasteiger partial charge in [-0.25, -0.2) is 9.97 Å². The number of carbonyl (C=O) groups is 1. The fourth-order valence-electron chi connectivity index (χ4n) is 2.85. The van der Waals surface area contributed by atoms with Crippen molar-refractivity contribution in [2.24, 2.45) is 0 Å². The Morgan fingerprint density at radius 2 is 1.93 bits per heavy atom. The third-order valence-corrected chi connectivity index (χ3v) is 5.60. The van der Waals surface area contributed by atoms with E-state index in [0.29, 0.717) is 10.6 Å². The van der Waals surface area contributed by atoms with Gasteiger partial charge in [0.25, 0.3) is 0 Å². The van der Waals surface area contributed by atoms with Gasteiger partial charge in [0.2, 0.25) is 6.29 Å². The van der Waals surface area contributed by atoms with E-state index in [1.54, 1.807) is 24.3 Å². The largest absolute Gasteiger partial charge is 0.433 e. The van der Waals surface area contributed by atoms with Crippen LogP contribution < -0.4 is 0 Å². The summed E-state index contributed by atoms with van der Waals surface area (Å²) in [5.74, 6) is -0.230. The van der Waals surface area contributed by atoms with Crippen LogP contribution in [-0.4, -0.2) is 40.0 Å². The van der Waals surface area contributed by atoms with Gasteiger partial charge in [-0.3, -0.25) is 4.79 Å². The minimum Gasteiger partial charge on any atom is -0.343 e. The number of alkyl halides is 3. The third kappa shape index (κ3) is 3.96. The summed E-state index contributed by atoms with van der Waals surface area (Å²) in [4.78, 5) is 19.8. The van der Waals surface area contributed by atoms with Crippen LogP contribution in [0.3, 0.4) is 0 Å². The van der Waals surface area contributed by atoms with Crippen LogP contribution in [0.25, 0.3) is 11.3 Å². The summed E-state index contributed by atoms with van der Waals surface area (Å²) in [6.07, 6.45) is -5.73. The number of benzene rings is 1. The van der Waals surface area contributed by atoms with E-state index >= 15 is 0 Å². The molecule has 0 unspecified atom stereocenters. The zero-order chi connectivity index (χ0) is 19.2. The highest BCUT2D eigenvalue weighted by Crippen LogP contribution is 2.38. The van der Waals surface area contributed by atoms with Crippen LogP contribution in [0.2, 0.25) is 5.02 Å². The zero-order valence-corrected chi connectivity index (χ0v) is 15.1. The molecule has 10 heteroatoms. The van der Waals surface area contributed by atoms with Gasteiger partial charge in [0.05, 0.1) is 18.4 Å². The van der Waals surface area contributed by atoms with Crippen LogP contribution in [0.15, 0.2) is 35.5 Å². The number of Topliss-reactive ketones (excluding diaryl/α,β-unsaturated/α-hetero) is 1. The van der Waals surface area contributed by atoms with Crippen molar-refractivity contribution < 1.29 is 27.4 Å². The fourth-order valence-corrected chi connectivity index (χ4v) is 4.09. The van der Waals surface area contributed by atoms with E-state index in [1.807, 2.05) is 0 Å². The smallest absolute Gasteiger partial charge is 0.343 e. The molecule has 3 heterocycles. The van der Waals surface area contributed by atoms with Gasteiger partial charge in [-0.2, -0.15) is 13.2 Å². The summed E-state index contributed by atoms with van der Waals surface area (Å²) in [5.41, 5.74) is -0.442. The maximum atomic E-state index is 13.3. The lowest BCUT2D eigenvalue weighted by Gasteiger charge is -2.25. The van der Waals surface area contributed by atoms with Crippen LogP contribution in [0.4, 0.5) is 13.2 Å². The number of ether oxygens (including phenoxy) is 2. The molecule has 0 saturated carbocycles. The summed E-state index contributed by atoms with van der Waals surface area (Å²) in [7, 11) is 0. The van der Waals surface area contributed by atoms with E-state index in [-0.39, 0.29) is 35.8 Å². The molecule has 1 aromatic carbocycles. The number of thioether (sulfide) groups is 1. The van der Waals surface area contributed by atoms with E-state index in [0.717, 1.165) is 17.8 Å². The molecule has 3 atom stereocenters. The second kappa shape index (κ2) is 7.05. The molecule has 0 amide bonds. The van der Waals surface area contributed by atoms with E-state index in [1.165, 1.54) is 0 Å². The number of hydrogen-bond donors (Lipinski definition) is 0. The summed E-state index contributed by atoms with van der Waals surface area (Å²) in [6.45, 7) is 0.219. The lowest BCUT2D eigenvalue weighted by molar-refractivity contribution is -0.151. The molecule has 1 aromatic heterocycles. The SMILES string of the molecule is O=C1C[C@H](Sc2nc(-c3ccc(Cl)cc3)cc(C(F)(F)F)n2)[C@@H]2CO[C@@H]1O2. The second-order valence-corrected chi connectivity index (χ2v) is 7.73. The maximum absolute atomic E-state index is 13.3. The van der Waals surface area contributed by atoms with Gasteiger partial charge in [-0.05, 0) is 18.2 Å². The number of carbonyl (C=O) groups excluding carboxylic acids is 1. The first-order chi connectivity index (χ1) is 12.8. The van der Waals surface area contributed by atoms with Crippen LogP contribution in [0, 0.1) is 0 Å². The Balaban J connectivity index is 1.68. The Bertz CT molecular complexity index is 879. The monoisotopic (exact) mass is 416 g/mol. The van der Waals surface area contributed by atoms with E-state index < -0.39 is 23.4 Å². The predicted molar refractivity (Wildman–Crippen MR) is 91.4 cm³/mol. The van der Waals surface area contributed by atoms with Gasteiger partial charge >= 0.3 is 6.18 Å². The third-order valence-electron chi connectivity index (χ3n) is 4.18. The number of nitrogens with zero attached hydrogens (tertiary/aromatic N) is 2. The normalized spacial score (nSPS) is 25.0. The van der Waals surface area contributed by atoms with Crippen molar-refractivity contribution in [3.8, 4) is 11.3 Å². The van der Waals surface area contributed by atoms with Gasteiger partial charge in [0.15, 0.2) is 10.9 Å². The molecule has 2 bridgehead atoms. The molecule has 2 aliphatic rings. The Hall–Kier alpha value is -1.68. The van der Waals surface area contributed by atoms with E-state index in [2.05, 4.69) is 9.97 Å². The first-order valence-electron chi connectivity index (χ1n) is 7.98. The topological polar surface area (TPSA) is 61.3 Å². The van der Waals surface area contributed by atoms with Crippen molar-refractivity contribution in [1.82, 2.24) is 9.97 Å². The number of ketones is 1. The average molecular weight is 417 g/mol. The lowest BCUT2D eigenvalue weighted by atomic mass is 10.1. The second-order valence-electron chi connectivity index (χ2n) is 6.09. The Morgan fingerprint density at radius 1 is 1.19 bits per heavy atom. The summed E-state index contributed by atoms with van der Waals surface area (Å²) in [6, 6.07) is 7.21. The summed E-state index contributed by atoms with van der Waals surface area (Å²) in [5, 5.41) is -0.00793. The molecule has 142 valence electrons. The Morgan fingerprint density at radius 3 is 2.63 bits per heavy atom. The molecule has 2 aromatic rings. The van der Waals surface area contributed by atoms with Crippen LogP contribution >= 0.6 is 23.4 Å². The van der Waals surface area contributed by atoms with Gasteiger partial charge in [-0.1, -0.05) is 35.5 Å². The van der Waals surface area contributed by atoms with E-state index in [4.69, 9.17) is 21.1 Å². The number of hydrogen-bond acceptors (Lipinski definition) is 6. The highest BCUT2D eigenvalue weighted by atomic mass is 35.5. The molecule has 0 spiro atoms. The molecule has 0 aliphatic carbocycles. The molecule has 2 fully saturated rings. The van der Waals surface area contributed by atoms with Crippen molar-refractivity contribution in [2.75, 3.05) is 6.61 Å².